The molecule has 0 N–H and O–H groups in total. The van der Waals surface area contributed by atoms with E-state index in [1.54, 1.807) is 23.5 Å². The minimum Gasteiger partial charge on any atom is -0.494 e. The van der Waals surface area contributed by atoms with Crippen molar-refractivity contribution in [3.05, 3.63) is 45.4 Å². The highest BCUT2D eigenvalue weighted by molar-refractivity contribution is 7.21. The second-order valence-electron chi connectivity index (χ2n) is 4.08. The molecule has 3 aromatic rings. The third-order valence-electron chi connectivity index (χ3n) is 2.82. The van der Waals surface area contributed by atoms with Crippen LogP contribution in [0.5, 0.6) is 5.75 Å². The minimum absolute atomic E-state index is 0.459. The molecular weight excluding hydrogens is 337 g/mol. The van der Waals surface area contributed by atoms with Gasteiger partial charge in [0.05, 0.1) is 26.9 Å². The predicted octanol–water partition coefficient (Wildman–Crippen LogP) is 5.93. The van der Waals surface area contributed by atoms with Gasteiger partial charge in [0.2, 0.25) is 0 Å². The lowest BCUT2D eigenvalue weighted by Gasteiger charge is -2.06. The molecule has 0 spiro atoms. The average molecular weight is 345 g/mol. The van der Waals surface area contributed by atoms with Crippen LogP contribution in [0.3, 0.4) is 0 Å². The summed E-state index contributed by atoms with van der Waals surface area (Å²) in [6.07, 6.45) is 0. The van der Waals surface area contributed by atoms with Crippen molar-refractivity contribution in [1.82, 2.24) is 4.98 Å². The van der Waals surface area contributed by atoms with Crippen LogP contribution in [0.4, 0.5) is 0 Å². The number of methoxy groups -OCH3 is 1. The van der Waals surface area contributed by atoms with Gasteiger partial charge in [-0.1, -0.05) is 40.9 Å². The first-order valence-electron chi connectivity index (χ1n) is 5.68. The number of ether oxygens (including phenoxy) is 1. The summed E-state index contributed by atoms with van der Waals surface area (Å²) in [6.45, 7) is 0. The third-order valence-corrected chi connectivity index (χ3v) is 4.76. The second kappa shape index (κ2) is 5.41. The van der Waals surface area contributed by atoms with Crippen molar-refractivity contribution in [2.24, 2.45) is 0 Å². The van der Waals surface area contributed by atoms with Crippen molar-refractivity contribution in [3.8, 4) is 16.3 Å². The van der Waals surface area contributed by atoms with Gasteiger partial charge in [0, 0.05) is 5.56 Å². The summed E-state index contributed by atoms with van der Waals surface area (Å²) in [4.78, 5) is 4.55. The maximum atomic E-state index is 6.16. The molecule has 0 radical (unpaired) electrons. The molecule has 102 valence electrons. The van der Waals surface area contributed by atoms with Crippen molar-refractivity contribution < 1.29 is 4.74 Å². The Labute approximate surface area is 134 Å². The highest BCUT2D eigenvalue weighted by Crippen LogP contribution is 2.40. The van der Waals surface area contributed by atoms with Gasteiger partial charge in [0.1, 0.15) is 10.5 Å². The number of hydrogen-bond donors (Lipinski definition) is 0. The van der Waals surface area contributed by atoms with Crippen molar-refractivity contribution in [2.75, 3.05) is 7.11 Å². The van der Waals surface area contributed by atoms with Gasteiger partial charge in [-0.3, -0.25) is 0 Å². The summed E-state index contributed by atoms with van der Waals surface area (Å²) >= 11 is 20.0. The molecular formula is C14H8Cl3NOS. The number of rotatable bonds is 2. The van der Waals surface area contributed by atoms with E-state index in [2.05, 4.69) is 4.98 Å². The van der Waals surface area contributed by atoms with E-state index in [-0.39, 0.29) is 0 Å². The van der Waals surface area contributed by atoms with Gasteiger partial charge in [-0.05, 0) is 24.3 Å². The first-order valence-corrected chi connectivity index (χ1v) is 7.63. The Morgan fingerprint density at radius 3 is 2.35 bits per heavy atom. The summed E-state index contributed by atoms with van der Waals surface area (Å²) in [6, 6.07) is 9.28. The average Bonchev–Trinajstić information content (AvgIpc) is 2.84. The zero-order valence-corrected chi connectivity index (χ0v) is 13.4. The molecule has 0 aliphatic rings. The number of para-hydroxylation sites is 1. The lowest BCUT2D eigenvalue weighted by Crippen LogP contribution is -1.87. The van der Waals surface area contributed by atoms with E-state index in [4.69, 9.17) is 39.5 Å². The van der Waals surface area contributed by atoms with E-state index >= 15 is 0 Å². The molecule has 0 aliphatic heterocycles. The summed E-state index contributed by atoms with van der Waals surface area (Å²) in [5, 5.41) is 2.37. The highest BCUT2D eigenvalue weighted by atomic mass is 35.5. The van der Waals surface area contributed by atoms with Gasteiger partial charge in [-0.15, -0.1) is 11.3 Å². The molecule has 2 nitrogen and oxygen atoms in total. The Morgan fingerprint density at radius 1 is 1.05 bits per heavy atom. The molecule has 1 heterocycles. The largest absolute Gasteiger partial charge is 0.494 e. The zero-order valence-electron chi connectivity index (χ0n) is 10.3. The molecule has 6 heteroatoms. The molecule has 0 saturated heterocycles. The van der Waals surface area contributed by atoms with E-state index in [0.717, 1.165) is 20.8 Å². The summed E-state index contributed by atoms with van der Waals surface area (Å²) < 4.78 is 6.17. The zero-order chi connectivity index (χ0) is 14.3. The van der Waals surface area contributed by atoms with Crippen LogP contribution in [0.2, 0.25) is 15.1 Å². The fourth-order valence-corrected chi connectivity index (χ4v) is 3.81. The number of benzene rings is 2. The third kappa shape index (κ3) is 2.35. The number of aromatic nitrogens is 1. The number of fused-ring (bicyclic) bond motifs is 1. The van der Waals surface area contributed by atoms with Gasteiger partial charge >= 0.3 is 0 Å². The lowest BCUT2D eigenvalue weighted by molar-refractivity contribution is 0.415. The predicted molar refractivity (Wildman–Crippen MR) is 86.6 cm³/mol. The fraction of sp³-hybridized carbons (Fsp3) is 0.0714. The summed E-state index contributed by atoms with van der Waals surface area (Å²) in [7, 11) is 1.53. The molecule has 0 atom stereocenters. The van der Waals surface area contributed by atoms with Gasteiger partial charge in [0.15, 0.2) is 5.75 Å². The molecule has 3 rings (SSSR count). The number of halogens is 3. The summed E-state index contributed by atoms with van der Waals surface area (Å²) in [5.41, 5.74) is 1.63. The standard InChI is InChI=1S/C14H8Cl3NOS/c1-19-13-9(16)5-7(6-10(13)17)14-18-12-8(15)3-2-4-11(12)20-14/h2-6H,1H3. The van der Waals surface area contributed by atoms with Crippen LogP contribution in [0.25, 0.3) is 20.8 Å². The van der Waals surface area contributed by atoms with Crippen LogP contribution in [-0.4, -0.2) is 12.1 Å². The van der Waals surface area contributed by atoms with Crippen LogP contribution in [-0.2, 0) is 0 Å². The topological polar surface area (TPSA) is 22.1 Å². The molecule has 20 heavy (non-hydrogen) atoms. The normalized spacial score (nSPS) is 11.0. The first-order chi connectivity index (χ1) is 9.60. The van der Waals surface area contributed by atoms with Crippen LogP contribution in [0, 0.1) is 0 Å². The van der Waals surface area contributed by atoms with Crippen LogP contribution < -0.4 is 4.74 Å². The van der Waals surface area contributed by atoms with Crippen molar-refractivity contribution in [3.63, 3.8) is 0 Å². The Kier molecular flexibility index (Phi) is 3.78. The minimum atomic E-state index is 0.459. The monoisotopic (exact) mass is 343 g/mol. The molecule has 0 saturated carbocycles. The highest BCUT2D eigenvalue weighted by Gasteiger charge is 2.13. The van der Waals surface area contributed by atoms with Gasteiger partial charge in [-0.25, -0.2) is 4.98 Å². The number of thiazole rings is 1. The maximum Gasteiger partial charge on any atom is 0.156 e. The van der Waals surface area contributed by atoms with Crippen molar-refractivity contribution >= 4 is 56.4 Å². The van der Waals surface area contributed by atoms with Crippen molar-refractivity contribution in [1.29, 1.82) is 0 Å². The van der Waals surface area contributed by atoms with Crippen LogP contribution in [0.1, 0.15) is 0 Å². The van der Waals surface area contributed by atoms with E-state index in [9.17, 15) is 0 Å². The first kappa shape index (κ1) is 14.0. The Hall–Kier alpha value is -1.00. The fourth-order valence-electron chi connectivity index (χ4n) is 1.92. The maximum absolute atomic E-state index is 6.16. The van der Waals surface area contributed by atoms with E-state index in [1.807, 2.05) is 18.2 Å². The van der Waals surface area contributed by atoms with Crippen LogP contribution in [0.15, 0.2) is 30.3 Å². The van der Waals surface area contributed by atoms with E-state index < -0.39 is 0 Å². The Balaban J connectivity index is 2.18. The summed E-state index contributed by atoms with van der Waals surface area (Å²) in [5.74, 6) is 0.469. The smallest absolute Gasteiger partial charge is 0.156 e. The Morgan fingerprint density at radius 2 is 1.75 bits per heavy atom. The molecule has 0 unspecified atom stereocenters. The van der Waals surface area contributed by atoms with Gasteiger partial charge < -0.3 is 4.74 Å². The van der Waals surface area contributed by atoms with Crippen molar-refractivity contribution in [2.45, 2.75) is 0 Å². The van der Waals surface area contributed by atoms with Gasteiger partial charge in [-0.2, -0.15) is 0 Å². The van der Waals surface area contributed by atoms with Crippen LogP contribution >= 0.6 is 46.1 Å². The SMILES string of the molecule is COc1c(Cl)cc(-c2nc3c(Cl)cccc3s2)cc1Cl. The molecule has 0 amide bonds. The van der Waals surface area contributed by atoms with Gasteiger partial charge in [0.25, 0.3) is 0 Å². The Bertz CT molecular complexity index is 777. The number of hydrogen-bond acceptors (Lipinski definition) is 3. The quantitative estimate of drug-likeness (QED) is 0.574. The lowest BCUT2D eigenvalue weighted by atomic mass is 10.2. The molecule has 2 aromatic carbocycles. The molecule has 0 bridgehead atoms. The molecule has 0 aliphatic carbocycles. The van der Waals surface area contributed by atoms with E-state index in [0.29, 0.717) is 20.8 Å². The number of nitrogens with zero attached hydrogens (tertiary/aromatic N) is 1. The second-order valence-corrected chi connectivity index (χ2v) is 6.33. The molecule has 0 fully saturated rings. The molecule has 1 aromatic heterocycles. The van der Waals surface area contributed by atoms with E-state index in [1.165, 1.54) is 7.11 Å².